The molecule has 8 nitrogen and oxygen atoms in total. The van der Waals surface area contributed by atoms with Crippen molar-refractivity contribution >= 4 is 23.6 Å². The number of imide groups is 1. The lowest BCUT2D eigenvalue weighted by Crippen LogP contribution is -2.50. The van der Waals surface area contributed by atoms with Crippen molar-refractivity contribution in [3.05, 3.63) is 65.2 Å². The van der Waals surface area contributed by atoms with Gasteiger partial charge in [0.05, 0.1) is 18.2 Å². The van der Waals surface area contributed by atoms with Crippen molar-refractivity contribution < 1.29 is 23.9 Å². The number of rotatable bonds is 11. The van der Waals surface area contributed by atoms with Crippen LogP contribution in [0.25, 0.3) is 0 Å². The van der Waals surface area contributed by atoms with Gasteiger partial charge in [-0.25, -0.2) is 0 Å². The fraction of sp³-hybridized carbons (Fsp3) is 0.407. The lowest BCUT2D eigenvalue weighted by Gasteiger charge is -2.31. The molecule has 3 rings (SSSR count). The molecule has 35 heavy (non-hydrogen) atoms. The van der Waals surface area contributed by atoms with Gasteiger partial charge in [0, 0.05) is 25.6 Å². The van der Waals surface area contributed by atoms with E-state index in [4.69, 9.17) is 4.74 Å². The number of carbonyl (C=O) groups excluding carboxylic acids is 4. The SMILES string of the molecule is CC[C@@H](C(=O)NC(C)C)N(Cc1cccc(OC)c1)C(=O)CCCN1C(=O)c2ccccc2C1=O. The Morgan fingerprint density at radius 1 is 1.03 bits per heavy atom. The Bertz CT molecular complexity index is 1060. The molecule has 0 radical (unpaired) electrons. The number of ether oxygens (including phenoxy) is 1. The molecular weight excluding hydrogens is 446 g/mol. The van der Waals surface area contributed by atoms with Crippen LogP contribution < -0.4 is 10.1 Å². The van der Waals surface area contributed by atoms with Crippen LogP contribution in [0, 0.1) is 0 Å². The van der Waals surface area contributed by atoms with Crippen LogP contribution in [-0.4, -0.2) is 59.2 Å². The fourth-order valence-electron chi connectivity index (χ4n) is 4.24. The van der Waals surface area contributed by atoms with E-state index in [2.05, 4.69) is 5.32 Å². The summed E-state index contributed by atoms with van der Waals surface area (Å²) < 4.78 is 5.30. The third-order valence-corrected chi connectivity index (χ3v) is 5.95. The van der Waals surface area contributed by atoms with Gasteiger partial charge in [0.25, 0.3) is 11.8 Å². The standard InChI is InChI=1S/C27H33N3O5/c1-5-23(25(32)28-18(2)3)30(17-19-10-8-11-20(16-19)35-4)24(31)14-9-15-29-26(33)21-12-6-7-13-22(21)27(29)34/h6-8,10-13,16,18,23H,5,9,14-15,17H2,1-4H3,(H,28,32)/t23-/m0/s1. The number of fused-ring (bicyclic) bond motifs is 1. The molecule has 0 bridgehead atoms. The Labute approximate surface area is 206 Å². The van der Waals surface area contributed by atoms with Gasteiger partial charge in [-0.3, -0.25) is 24.1 Å². The molecule has 0 aliphatic carbocycles. The zero-order chi connectivity index (χ0) is 25.5. The quantitative estimate of drug-likeness (QED) is 0.499. The van der Waals surface area contributed by atoms with Crippen molar-refractivity contribution in [1.29, 1.82) is 0 Å². The van der Waals surface area contributed by atoms with E-state index in [0.717, 1.165) is 5.56 Å². The Morgan fingerprint density at radius 2 is 1.69 bits per heavy atom. The highest BCUT2D eigenvalue weighted by molar-refractivity contribution is 6.21. The minimum absolute atomic E-state index is 0.0563. The molecule has 1 atom stereocenters. The lowest BCUT2D eigenvalue weighted by molar-refractivity contribution is -0.141. The normalized spacial score (nSPS) is 13.6. The summed E-state index contributed by atoms with van der Waals surface area (Å²) in [6, 6.07) is 13.4. The summed E-state index contributed by atoms with van der Waals surface area (Å²) in [6.45, 7) is 6.00. The molecule has 1 heterocycles. The van der Waals surface area contributed by atoms with Gasteiger partial charge in [-0.05, 0) is 56.5 Å². The number of benzene rings is 2. The van der Waals surface area contributed by atoms with Gasteiger partial charge in [0.15, 0.2) is 0 Å². The van der Waals surface area contributed by atoms with Crippen molar-refractivity contribution in [2.24, 2.45) is 0 Å². The molecule has 4 amide bonds. The maximum Gasteiger partial charge on any atom is 0.261 e. The van der Waals surface area contributed by atoms with Crippen LogP contribution in [0.2, 0.25) is 0 Å². The van der Waals surface area contributed by atoms with E-state index in [-0.39, 0.29) is 49.2 Å². The zero-order valence-corrected chi connectivity index (χ0v) is 20.7. The van der Waals surface area contributed by atoms with Crippen LogP contribution in [0.5, 0.6) is 5.75 Å². The van der Waals surface area contributed by atoms with Crippen LogP contribution in [0.3, 0.4) is 0 Å². The van der Waals surface area contributed by atoms with E-state index in [1.165, 1.54) is 4.90 Å². The Hall–Kier alpha value is -3.68. The highest BCUT2D eigenvalue weighted by Gasteiger charge is 2.35. The summed E-state index contributed by atoms with van der Waals surface area (Å²) in [5.74, 6) is -0.433. The first kappa shape index (κ1) is 25.9. The number of amides is 4. The highest BCUT2D eigenvalue weighted by atomic mass is 16.5. The molecule has 0 unspecified atom stereocenters. The van der Waals surface area contributed by atoms with E-state index in [1.807, 2.05) is 45.0 Å². The average Bonchev–Trinajstić information content (AvgIpc) is 3.08. The van der Waals surface area contributed by atoms with Crippen molar-refractivity contribution in [2.75, 3.05) is 13.7 Å². The summed E-state index contributed by atoms with van der Waals surface area (Å²) in [5.41, 5.74) is 1.62. The number of carbonyl (C=O) groups is 4. The van der Waals surface area contributed by atoms with E-state index < -0.39 is 6.04 Å². The van der Waals surface area contributed by atoms with E-state index in [1.54, 1.807) is 36.3 Å². The van der Waals surface area contributed by atoms with Gasteiger partial charge in [-0.1, -0.05) is 31.2 Å². The van der Waals surface area contributed by atoms with E-state index >= 15 is 0 Å². The monoisotopic (exact) mass is 479 g/mol. The lowest BCUT2D eigenvalue weighted by atomic mass is 10.1. The maximum absolute atomic E-state index is 13.4. The van der Waals surface area contributed by atoms with Crippen molar-refractivity contribution in [1.82, 2.24) is 15.1 Å². The predicted octanol–water partition coefficient (Wildman–Crippen LogP) is 3.40. The smallest absolute Gasteiger partial charge is 0.261 e. The minimum atomic E-state index is -0.643. The number of hydrogen-bond donors (Lipinski definition) is 1. The highest BCUT2D eigenvalue weighted by Crippen LogP contribution is 2.23. The molecule has 1 aliphatic rings. The number of methoxy groups -OCH3 is 1. The van der Waals surface area contributed by atoms with Crippen LogP contribution in [0.15, 0.2) is 48.5 Å². The molecule has 0 spiro atoms. The van der Waals surface area contributed by atoms with E-state index in [9.17, 15) is 19.2 Å². The molecule has 1 aliphatic heterocycles. The molecule has 186 valence electrons. The number of nitrogens with zero attached hydrogens (tertiary/aromatic N) is 2. The zero-order valence-electron chi connectivity index (χ0n) is 20.7. The molecule has 0 aromatic heterocycles. The van der Waals surface area contributed by atoms with Crippen molar-refractivity contribution in [3.8, 4) is 5.75 Å². The van der Waals surface area contributed by atoms with E-state index in [0.29, 0.717) is 29.7 Å². The third-order valence-electron chi connectivity index (χ3n) is 5.95. The molecule has 2 aromatic rings. The number of nitrogens with one attached hydrogen (secondary N) is 1. The second kappa shape index (κ2) is 11.6. The first-order valence-electron chi connectivity index (χ1n) is 11.9. The number of hydrogen-bond acceptors (Lipinski definition) is 5. The van der Waals surface area contributed by atoms with Crippen molar-refractivity contribution in [2.45, 2.75) is 58.7 Å². The van der Waals surface area contributed by atoms with Gasteiger partial charge in [-0.15, -0.1) is 0 Å². The first-order chi connectivity index (χ1) is 16.8. The van der Waals surface area contributed by atoms with Crippen LogP contribution in [-0.2, 0) is 16.1 Å². The second-order valence-electron chi connectivity index (χ2n) is 8.87. The summed E-state index contributed by atoms with van der Waals surface area (Å²) >= 11 is 0. The molecular formula is C27H33N3O5. The van der Waals surface area contributed by atoms with Gasteiger partial charge in [-0.2, -0.15) is 0 Å². The summed E-state index contributed by atoms with van der Waals surface area (Å²) in [5, 5.41) is 2.90. The maximum atomic E-state index is 13.4. The van der Waals surface area contributed by atoms with Crippen LogP contribution in [0.4, 0.5) is 0 Å². The third kappa shape index (κ3) is 6.07. The first-order valence-corrected chi connectivity index (χ1v) is 11.9. The molecule has 2 aromatic carbocycles. The van der Waals surface area contributed by atoms with Gasteiger partial charge in [0.1, 0.15) is 11.8 Å². The molecule has 1 N–H and O–H groups in total. The molecule has 0 fully saturated rings. The minimum Gasteiger partial charge on any atom is -0.497 e. The second-order valence-corrected chi connectivity index (χ2v) is 8.87. The molecule has 8 heteroatoms. The van der Waals surface area contributed by atoms with Gasteiger partial charge >= 0.3 is 0 Å². The van der Waals surface area contributed by atoms with Gasteiger partial charge < -0.3 is 15.0 Å². The summed E-state index contributed by atoms with van der Waals surface area (Å²) in [4.78, 5) is 54.3. The van der Waals surface area contributed by atoms with Crippen LogP contribution in [0.1, 0.15) is 66.3 Å². The fourth-order valence-corrected chi connectivity index (χ4v) is 4.24. The predicted molar refractivity (Wildman–Crippen MR) is 132 cm³/mol. The Kier molecular flexibility index (Phi) is 8.63. The Morgan fingerprint density at radius 3 is 2.26 bits per heavy atom. The summed E-state index contributed by atoms with van der Waals surface area (Å²) in [7, 11) is 1.58. The van der Waals surface area contributed by atoms with Crippen molar-refractivity contribution in [3.63, 3.8) is 0 Å². The molecule has 0 saturated carbocycles. The van der Waals surface area contributed by atoms with Crippen LogP contribution >= 0.6 is 0 Å². The average molecular weight is 480 g/mol. The topological polar surface area (TPSA) is 96.0 Å². The largest absolute Gasteiger partial charge is 0.497 e. The summed E-state index contributed by atoms with van der Waals surface area (Å²) in [6.07, 6.45) is 0.858. The Balaban J connectivity index is 1.72. The van der Waals surface area contributed by atoms with Gasteiger partial charge in [0.2, 0.25) is 11.8 Å². The molecule has 0 saturated heterocycles.